The van der Waals surface area contributed by atoms with Gasteiger partial charge in [-0.05, 0) is 85.2 Å². The Labute approximate surface area is 141 Å². The number of carbonyl (C=O) groups is 1. The van der Waals surface area contributed by atoms with Gasteiger partial charge in [0, 0.05) is 6.42 Å². The van der Waals surface area contributed by atoms with Crippen molar-refractivity contribution in [2.24, 2.45) is 34.5 Å². The second-order valence-corrected chi connectivity index (χ2v) is 9.31. The molecule has 0 aromatic carbocycles. The largest absolute Gasteiger partial charge is 0.295 e. The quantitative estimate of drug-likeness (QED) is 0.606. The van der Waals surface area contributed by atoms with Gasteiger partial charge >= 0.3 is 0 Å². The molecular formula is C22H32O. The highest BCUT2D eigenvalue weighted by Gasteiger charge is 2.58. The number of ketones is 1. The zero-order valence-corrected chi connectivity index (χ0v) is 15.3. The van der Waals surface area contributed by atoms with Gasteiger partial charge in [0.1, 0.15) is 0 Å². The summed E-state index contributed by atoms with van der Waals surface area (Å²) in [6.07, 6.45) is 13.4. The summed E-state index contributed by atoms with van der Waals surface area (Å²) in [5.41, 5.74) is 3.60. The van der Waals surface area contributed by atoms with E-state index in [2.05, 4.69) is 33.8 Å². The fourth-order valence-corrected chi connectivity index (χ4v) is 7.19. The highest BCUT2D eigenvalue weighted by molar-refractivity contribution is 5.92. The molecule has 4 aliphatic rings. The summed E-state index contributed by atoms with van der Waals surface area (Å²) in [7, 11) is 0. The number of fused-ring (bicyclic) bond motifs is 5. The average Bonchev–Trinajstić information content (AvgIpc) is 2.86. The monoisotopic (exact) mass is 312 g/mol. The van der Waals surface area contributed by atoms with E-state index < -0.39 is 0 Å². The van der Waals surface area contributed by atoms with Crippen LogP contribution in [0.1, 0.15) is 72.6 Å². The van der Waals surface area contributed by atoms with Crippen LogP contribution < -0.4 is 0 Å². The number of carbonyl (C=O) groups excluding carboxylic acids is 1. The van der Waals surface area contributed by atoms with E-state index in [0.717, 1.165) is 36.5 Å². The molecule has 0 bridgehead atoms. The summed E-state index contributed by atoms with van der Waals surface area (Å²) >= 11 is 0. The molecule has 0 aliphatic heterocycles. The zero-order valence-electron chi connectivity index (χ0n) is 15.3. The molecule has 0 spiro atoms. The van der Waals surface area contributed by atoms with Gasteiger partial charge < -0.3 is 0 Å². The second-order valence-electron chi connectivity index (χ2n) is 9.31. The van der Waals surface area contributed by atoms with Gasteiger partial charge in [0.05, 0.1) is 0 Å². The third-order valence-corrected chi connectivity index (χ3v) is 8.52. The summed E-state index contributed by atoms with van der Waals surface area (Å²) in [6.45, 7) is 9.71. The Morgan fingerprint density at radius 1 is 1.13 bits per heavy atom. The van der Waals surface area contributed by atoms with Crippen LogP contribution in [0.15, 0.2) is 23.3 Å². The Morgan fingerprint density at radius 2 is 1.91 bits per heavy atom. The van der Waals surface area contributed by atoms with Crippen molar-refractivity contribution in [2.45, 2.75) is 72.6 Å². The van der Waals surface area contributed by atoms with E-state index >= 15 is 0 Å². The third kappa shape index (κ3) is 2.01. The molecule has 2 saturated carbocycles. The molecule has 0 aromatic heterocycles. The van der Waals surface area contributed by atoms with Crippen molar-refractivity contribution in [3.05, 3.63) is 23.3 Å². The second kappa shape index (κ2) is 5.07. The van der Waals surface area contributed by atoms with Gasteiger partial charge in [-0.15, -0.1) is 0 Å². The summed E-state index contributed by atoms with van der Waals surface area (Å²) in [5, 5.41) is 0. The van der Waals surface area contributed by atoms with Crippen LogP contribution in [-0.4, -0.2) is 5.78 Å². The summed E-state index contributed by atoms with van der Waals surface area (Å²) < 4.78 is 0. The molecule has 4 rings (SSSR count). The Bertz CT molecular complexity index is 597. The van der Waals surface area contributed by atoms with Gasteiger partial charge in [-0.1, -0.05) is 38.8 Å². The lowest BCUT2D eigenvalue weighted by atomic mass is 9.47. The van der Waals surface area contributed by atoms with Crippen LogP contribution in [0.4, 0.5) is 0 Å². The van der Waals surface area contributed by atoms with E-state index in [1.54, 1.807) is 0 Å². The van der Waals surface area contributed by atoms with Crippen molar-refractivity contribution in [3.8, 4) is 0 Å². The molecule has 6 atom stereocenters. The Balaban J connectivity index is 1.77. The maximum absolute atomic E-state index is 12.0. The van der Waals surface area contributed by atoms with Crippen molar-refractivity contribution in [1.29, 1.82) is 0 Å². The highest BCUT2D eigenvalue weighted by Crippen LogP contribution is 2.66. The highest BCUT2D eigenvalue weighted by atomic mass is 16.1. The zero-order chi connectivity index (χ0) is 16.4. The molecule has 4 aliphatic carbocycles. The molecule has 0 radical (unpaired) electrons. The molecule has 23 heavy (non-hydrogen) atoms. The molecule has 1 heteroatoms. The lowest BCUT2D eigenvalue weighted by Gasteiger charge is -2.57. The summed E-state index contributed by atoms with van der Waals surface area (Å²) in [6, 6.07) is 0. The first-order chi connectivity index (χ1) is 10.9. The molecule has 126 valence electrons. The van der Waals surface area contributed by atoms with E-state index in [9.17, 15) is 4.79 Å². The van der Waals surface area contributed by atoms with E-state index in [-0.39, 0.29) is 5.41 Å². The number of allylic oxidation sites excluding steroid dienone is 4. The SMILES string of the molecule is CC[C@H]1CC[C@H]2[C@@H]3C=C(C)C4=CC(=O)CC[C@]4(C)[C@H]3CC[C@]12C. The molecule has 0 unspecified atom stereocenters. The number of hydrogen-bond acceptors (Lipinski definition) is 1. The van der Waals surface area contributed by atoms with E-state index in [4.69, 9.17) is 0 Å². The van der Waals surface area contributed by atoms with Crippen LogP contribution in [0.5, 0.6) is 0 Å². The van der Waals surface area contributed by atoms with Crippen LogP contribution in [0.2, 0.25) is 0 Å². The van der Waals surface area contributed by atoms with Gasteiger partial charge in [-0.2, -0.15) is 0 Å². The fraction of sp³-hybridized carbons (Fsp3) is 0.773. The minimum Gasteiger partial charge on any atom is -0.295 e. The van der Waals surface area contributed by atoms with Gasteiger partial charge in [0.2, 0.25) is 0 Å². The molecule has 2 fully saturated rings. The van der Waals surface area contributed by atoms with E-state index in [0.29, 0.717) is 11.2 Å². The predicted molar refractivity (Wildman–Crippen MR) is 95.0 cm³/mol. The van der Waals surface area contributed by atoms with Crippen molar-refractivity contribution >= 4 is 5.78 Å². The topological polar surface area (TPSA) is 17.1 Å². The third-order valence-electron chi connectivity index (χ3n) is 8.52. The van der Waals surface area contributed by atoms with Crippen LogP contribution in [0.25, 0.3) is 0 Å². The Morgan fingerprint density at radius 3 is 2.65 bits per heavy atom. The van der Waals surface area contributed by atoms with Gasteiger partial charge in [0.15, 0.2) is 5.78 Å². The van der Waals surface area contributed by atoms with Crippen LogP contribution in [0, 0.1) is 34.5 Å². The Hall–Kier alpha value is -0.850. The predicted octanol–water partition coefficient (Wildman–Crippen LogP) is 5.71. The molecule has 0 saturated heterocycles. The molecule has 0 amide bonds. The standard InChI is InChI=1S/C22H32O/c1-5-15-6-7-18-17-12-14(2)20-13-16(23)8-10-22(20,4)19(17)9-11-21(15,18)3/h12-13,15,17-19H,5-11H2,1-4H3/t15-,17-,18-,19-,21+,22+/m0/s1. The first-order valence-corrected chi connectivity index (χ1v) is 9.84. The lowest BCUT2D eigenvalue weighted by molar-refractivity contribution is -0.116. The molecular weight excluding hydrogens is 280 g/mol. The minimum absolute atomic E-state index is 0.253. The maximum atomic E-state index is 12.0. The van der Waals surface area contributed by atoms with Gasteiger partial charge in [0.25, 0.3) is 0 Å². The number of hydrogen-bond donors (Lipinski definition) is 0. The van der Waals surface area contributed by atoms with Crippen molar-refractivity contribution in [1.82, 2.24) is 0 Å². The van der Waals surface area contributed by atoms with E-state index in [1.165, 1.54) is 43.3 Å². The average molecular weight is 312 g/mol. The molecule has 0 aromatic rings. The fourth-order valence-electron chi connectivity index (χ4n) is 7.19. The molecule has 0 heterocycles. The lowest BCUT2D eigenvalue weighted by Crippen LogP contribution is -2.49. The van der Waals surface area contributed by atoms with Crippen molar-refractivity contribution in [3.63, 3.8) is 0 Å². The van der Waals surface area contributed by atoms with Crippen LogP contribution in [0.3, 0.4) is 0 Å². The van der Waals surface area contributed by atoms with Crippen molar-refractivity contribution < 1.29 is 4.79 Å². The molecule has 0 N–H and O–H groups in total. The normalized spacial score (nSPS) is 49.0. The Kier molecular flexibility index (Phi) is 3.45. The minimum atomic E-state index is 0.253. The summed E-state index contributed by atoms with van der Waals surface area (Å²) in [4.78, 5) is 12.0. The molecule has 1 nitrogen and oxygen atoms in total. The smallest absolute Gasteiger partial charge is 0.156 e. The van der Waals surface area contributed by atoms with Crippen LogP contribution >= 0.6 is 0 Å². The van der Waals surface area contributed by atoms with Crippen molar-refractivity contribution in [2.75, 3.05) is 0 Å². The first-order valence-electron chi connectivity index (χ1n) is 9.84. The van der Waals surface area contributed by atoms with Crippen LogP contribution in [-0.2, 0) is 4.79 Å². The first kappa shape index (κ1) is 15.7. The summed E-state index contributed by atoms with van der Waals surface area (Å²) in [5.74, 6) is 3.66. The van der Waals surface area contributed by atoms with Gasteiger partial charge in [-0.25, -0.2) is 0 Å². The maximum Gasteiger partial charge on any atom is 0.156 e. The van der Waals surface area contributed by atoms with Gasteiger partial charge in [-0.3, -0.25) is 4.79 Å². The van der Waals surface area contributed by atoms with E-state index in [1.807, 2.05) is 6.08 Å². The number of rotatable bonds is 1.